The van der Waals surface area contributed by atoms with Crippen molar-refractivity contribution in [2.45, 2.75) is 44.7 Å². The molecule has 0 bridgehead atoms. The third-order valence-corrected chi connectivity index (χ3v) is 4.84. The minimum absolute atomic E-state index is 0.0219. The fourth-order valence-corrected chi connectivity index (χ4v) is 3.23. The number of carbonyl (C=O) groups excluding carboxylic acids is 2. The summed E-state index contributed by atoms with van der Waals surface area (Å²) in [4.78, 5) is 39.2. The zero-order chi connectivity index (χ0) is 17.4. The van der Waals surface area contributed by atoms with Crippen LogP contribution in [0.1, 0.15) is 43.0 Å². The van der Waals surface area contributed by atoms with E-state index in [2.05, 4.69) is 0 Å². The van der Waals surface area contributed by atoms with Gasteiger partial charge in [0.25, 0.3) is 5.91 Å². The van der Waals surface area contributed by atoms with E-state index in [0.29, 0.717) is 18.7 Å². The van der Waals surface area contributed by atoms with Gasteiger partial charge in [-0.2, -0.15) is 0 Å². The zero-order valence-corrected chi connectivity index (χ0v) is 14.1. The first-order valence-corrected chi connectivity index (χ1v) is 8.43. The SMILES string of the molecule is CC(C(=O)O)N(C(=O)c1cc(N2CCCC2=O)ccc1Cl)C1CC1. The Bertz CT molecular complexity index is 702. The predicted octanol–water partition coefficient (Wildman–Crippen LogP) is 2.54. The molecule has 1 aromatic rings. The molecule has 1 N–H and O–H groups in total. The number of rotatable bonds is 5. The molecule has 2 amide bonds. The molecule has 0 radical (unpaired) electrons. The normalized spacial score (nSPS) is 18.6. The van der Waals surface area contributed by atoms with E-state index in [1.165, 1.54) is 11.8 Å². The molecule has 6 nitrogen and oxygen atoms in total. The number of amides is 2. The number of carbonyl (C=O) groups is 3. The van der Waals surface area contributed by atoms with Crippen molar-refractivity contribution in [3.63, 3.8) is 0 Å². The Morgan fingerprint density at radius 1 is 1.38 bits per heavy atom. The first-order valence-electron chi connectivity index (χ1n) is 8.05. The molecule has 1 saturated heterocycles. The Kier molecular flexibility index (Phi) is 4.49. The second-order valence-corrected chi connectivity index (χ2v) is 6.68. The molecule has 1 atom stereocenters. The van der Waals surface area contributed by atoms with Crippen LogP contribution in [0, 0.1) is 0 Å². The molecule has 1 aliphatic carbocycles. The number of carboxylic acid groups (broad SMARTS) is 1. The minimum Gasteiger partial charge on any atom is -0.480 e. The van der Waals surface area contributed by atoms with Gasteiger partial charge >= 0.3 is 5.97 Å². The van der Waals surface area contributed by atoms with Crippen LogP contribution in [0.25, 0.3) is 0 Å². The third kappa shape index (κ3) is 3.11. The Balaban J connectivity index is 1.93. The molecule has 1 aromatic carbocycles. The number of benzene rings is 1. The van der Waals surface area contributed by atoms with Gasteiger partial charge in [0.05, 0.1) is 10.6 Å². The average molecular weight is 351 g/mol. The summed E-state index contributed by atoms with van der Waals surface area (Å²) in [5, 5.41) is 9.54. The first kappa shape index (κ1) is 16.8. The highest BCUT2D eigenvalue weighted by Gasteiger charge is 2.39. The van der Waals surface area contributed by atoms with Crippen LogP contribution in [-0.2, 0) is 9.59 Å². The Labute approximate surface area is 145 Å². The number of hydrogen-bond donors (Lipinski definition) is 1. The summed E-state index contributed by atoms with van der Waals surface area (Å²) in [7, 11) is 0. The van der Waals surface area contributed by atoms with Crippen molar-refractivity contribution in [1.82, 2.24) is 4.90 Å². The predicted molar refractivity (Wildman–Crippen MR) is 89.3 cm³/mol. The average Bonchev–Trinajstić information content (AvgIpc) is 3.28. The fourth-order valence-electron chi connectivity index (χ4n) is 3.03. The molecule has 0 aromatic heterocycles. The van der Waals surface area contributed by atoms with Crippen LogP contribution < -0.4 is 4.90 Å². The molecule has 7 heteroatoms. The van der Waals surface area contributed by atoms with Crippen LogP contribution in [0.3, 0.4) is 0 Å². The highest BCUT2D eigenvalue weighted by atomic mass is 35.5. The van der Waals surface area contributed by atoms with Crippen LogP contribution in [0.15, 0.2) is 18.2 Å². The van der Waals surface area contributed by atoms with E-state index in [4.69, 9.17) is 11.6 Å². The summed E-state index contributed by atoms with van der Waals surface area (Å²) < 4.78 is 0. The van der Waals surface area contributed by atoms with Gasteiger partial charge < -0.3 is 14.9 Å². The minimum atomic E-state index is -1.04. The lowest BCUT2D eigenvalue weighted by Crippen LogP contribution is -2.44. The molecule has 1 unspecified atom stereocenters. The van der Waals surface area contributed by atoms with Gasteiger partial charge in [-0.05, 0) is 44.4 Å². The maximum absolute atomic E-state index is 12.9. The molecule has 2 fully saturated rings. The Morgan fingerprint density at radius 2 is 2.08 bits per heavy atom. The van der Waals surface area contributed by atoms with E-state index in [9.17, 15) is 19.5 Å². The lowest BCUT2D eigenvalue weighted by molar-refractivity contribution is -0.141. The number of aliphatic carboxylic acids is 1. The van der Waals surface area contributed by atoms with E-state index in [-0.39, 0.29) is 22.5 Å². The summed E-state index contributed by atoms with van der Waals surface area (Å²) in [6.07, 6.45) is 2.88. The molecule has 2 aliphatic rings. The number of carboxylic acids is 1. The van der Waals surface area contributed by atoms with Gasteiger partial charge in [-0.3, -0.25) is 9.59 Å². The van der Waals surface area contributed by atoms with Gasteiger partial charge in [0, 0.05) is 24.7 Å². The van der Waals surface area contributed by atoms with Crippen molar-refractivity contribution in [3.05, 3.63) is 28.8 Å². The summed E-state index contributed by atoms with van der Waals surface area (Å²) in [6.45, 7) is 2.12. The summed E-state index contributed by atoms with van der Waals surface area (Å²) >= 11 is 6.19. The monoisotopic (exact) mass is 350 g/mol. The van der Waals surface area contributed by atoms with Gasteiger partial charge in [-0.25, -0.2) is 4.79 Å². The molecule has 128 valence electrons. The molecular formula is C17H19ClN2O4. The highest BCUT2D eigenvalue weighted by molar-refractivity contribution is 6.34. The van der Waals surface area contributed by atoms with Crippen LogP contribution in [-0.4, -0.2) is 46.4 Å². The van der Waals surface area contributed by atoms with Crippen LogP contribution >= 0.6 is 11.6 Å². The van der Waals surface area contributed by atoms with Crippen molar-refractivity contribution in [2.75, 3.05) is 11.4 Å². The molecule has 3 rings (SSSR count). The zero-order valence-electron chi connectivity index (χ0n) is 13.4. The van der Waals surface area contributed by atoms with Crippen LogP contribution in [0.5, 0.6) is 0 Å². The van der Waals surface area contributed by atoms with E-state index >= 15 is 0 Å². The van der Waals surface area contributed by atoms with E-state index in [1.807, 2.05) is 0 Å². The quantitative estimate of drug-likeness (QED) is 0.885. The largest absolute Gasteiger partial charge is 0.480 e. The topological polar surface area (TPSA) is 77.9 Å². The van der Waals surface area contributed by atoms with Crippen LogP contribution in [0.4, 0.5) is 5.69 Å². The van der Waals surface area contributed by atoms with Crippen molar-refractivity contribution in [1.29, 1.82) is 0 Å². The van der Waals surface area contributed by atoms with Crippen molar-refractivity contribution in [3.8, 4) is 0 Å². The van der Waals surface area contributed by atoms with Crippen LogP contribution in [0.2, 0.25) is 5.02 Å². The smallest absolute Gasteiger partial charge is 0.326 e. The van der Waals surface area contributed by atoms with E-state index in [1.54, 1.807) is 23.1 Å². The fraction of sp³-hybridized carbons (Fsp3) is 0.471. The Hall–Kier alpha value is -2.08. The number of nitrogens with zero attached hydrogens (tertiary/aromatic N) is 2. The van der Waals surface area contributed by atoms with E-state index < -0.39 is 17.9 Å². The molecule has 24 heavy (non-hydrogen) atoms. The van der Waals surface area contributed by atoms with Crippen molar-refractivity contribution in [2.24, 2.45) is 0 Å². The molecule has 1 heterocycles. The number of anilines is 1. The van der Waals surface area contributed by atoms with Gasteiger partial charge in [0.15, 0.2) is 0 Å². The number of hydrogen-bond acceptors (Lipinski definition) is 3. The van der Waals surface area contributed by atoms with Gasteiger partial charge in [-0.1, -0.05) is 11.6 Å². The highest BCUT2D eigenvalue weighted by Crippen LogP contribution is 2.33. The lowest BCUT2D eigenvalue weighted by atomic mass is 10.1. The summed E-state index contributed by atoms with van der Waals surface area (Å²) in [5.74, 6) is -1.42. The summed E-state index contributed by atoms with van der Waals surface area (Å²) in [5.41, 5.74) is 0.873. The maximum atomic E-state index is 12.9. The molecule has 1 saturated carbocycles. The first-order chi connectivity index (χ1) is 11.4. The van der Waals surface area contributed by atoms with Crippen molar-refractivity contribution < 1.29 is 19.5 Å². The Morgan fingerprint density at radius 3 is 2.62 bits per heavy atom. The summed E-state index contributed by atoms with van der Waals surface area (Å²) in [6, 6.07) is 3.92. The van der Waals surface area contributed by atoms with Gasteiger partial charge in [0.1, 0.15) is 6.04 Å². The van der Waals surface area contributed by atoms with Gasteiger partial charge in [0.2, 0.25) is 5.91 Å². The molecular weight excluding hydrogens is 332 g/mol. The van der Waals surface area contributed by atoms with Gasteiger partial charge in [-0.15, -0.1) is 0 Å². The lowest BCUT2D eigenvalue weighted by Gasteiger charge is -2.27. The van der Waals surface area contributed by atoms with E-state index in [0.717, 1.165) is 19.3 Å². The second kappa shape index (κ2) is 6.43. The standard InChI is InChI=1S/C17H19ClN2O4/c1-10(17(23)24)20(11-4-5-11)16(22)13-9-12(6-7-14(13)18)19-8-2-3-15(19)21/h6-7,9-11H,2-5,8H2,1H3,(H,23,24). The second-order valence-electron chi connectivity index (χ2n) is 6.27. The number of halogens is 1. The maximum Gasteiger partial charge on any atom is 0.326 e. The third-order valence-electron chi connectivity index (χ3n) is 4.51. The molecule has 0 spiro atoms. The van der Waals surface area contributed by atoms with Crippen molar-refractivity contribution >= 4 is 35.1 Å². The molecule has 1 aliphatic heterocycles.